The minimum atomic E-state index is -0.453. The van der Waals surface area contributed by atoms with Gasteiger partial charge in [0.15, 0.2) is 0 Å². The molecule has 0 fully saturated rings. The smallest absolute Gasteiger partial charge is 0.131 e. The van der Waals surface area contributed by atoms with E-state index in [1.807, 2.05) is 6.07 Å². The highest BCUT2D eigenvalue weighted by Gasteiger charge is 2.53. The first-order valence-corrected chi connectivity index (χ1v) is 21.8. The van der Waals surface area contributed by atoms with Crippen LogP contribution in [0.1, 0.15) is 76.3 Å². The maximum atomic E-state index is 5.30. The maximum absolute atomic E-state index is 5.30. The third-order valence-electron chi connectivity index (χ3n) is 13.8. The van der Waals surface area contributed by atoms with E-state index in [9.17, 15) is 0 Å². The van der Waals surface area contributed by atoms with Gasteiger partial charge in [0.1, 0.15) is 18.2 Å². The van der Waals surface area contributed by atoms with Gasteiger partial charge in [-0.25, -0.2) is 4.99 Å². The van der Waals surface area contributed by atoms with E-state index >= 15 is 0 Å². The number of hydrogen-bond donors (Lipinski definition) is 2. The Hall–Kier alpha value is -7.33. The fourth-order valence-corrected chi connectivity index (χ4v) is 11.1. The second-order valence-electron chi connectivity index (χ2n) is 17.5. The molecule has 12 rings (SSSR count). The molecular weight excluding hydrogens is 751 g/mol. The normalized spacial score (nSPS) is 17.6. The molecule has 62 heavy (non-hydrogen) atoms. The fourth-order valence-electron chi connectivity index (χ4n) is 11.1. The van der Waals surface area contributed by atoms with Crippen molar-refractivity contribution in [2.75, 3.05) is 0 Å². The third-order valence-corrected chi connectivity index (χ3v) is 13.8. The minimum Gasteiger partial charge on any atom is -0.350 e. The summed E-state index contributed by atoms with van der Waals surface area (Å²) in [5, 5.41) is 9.97. The molecule has 0 amide bonds. The third kappa shape index (κ3) is 5.38. The first-order chi connectivity index (χ1) is 30.5. The standard InChI is InChI=1S/C59H45N3/c1-58(2)48-32-11-13-34-50(48)59(51-35-14-12-33-49(51)58)47-31-10-9-27-46(47)54-45(30-18-36-52(54)59)44-29-17-24-38-23-16-28-43(53(38)44)41-25-15-26-42(37-41)57-61-55(39-19-5-3-6-20-39)60-56(62-57)40-21-7-4-8-22-40/h3-37,55,57,61H,1-2H3,(H,60,62). The maximum Gasteiger partial charge on any atom is 0.131 e. The number of aliphatic imine (C=N–C) groups is 1. The van der Waals surface area contributed by atoms with Gasteiger partial charge in [0.2, 0.25) is 0 Å². The van der Waals surface area contributed by atoms with E-state index in [1.54, 1.807) is 0 Å². The Bertz CT molecular complexity index is 3180. The summed E-state index contributed by atoms with van der Waals surface area (Å²) >= 11 is 0. The van der Waals surface area contributed by atoms with Gasteiger partial charge >= 0.3 is 0 Å². The van der Waals surface area contributed by atoms with E-state index in [0.717, 1.165) is 22.5 Å². The van der Waals surface area contributed by atoms with Crippen LogP contribution in [-0.4, -0.2) is 5.84 Å². The average molecular weight is 796 g/mol. The molecule has 2 atom stereocenters. The zero-order valence-electron chi connectivity index (χ0n) is 34.8. The Labute approximate surface area is 363 Å². The van der Waals surface area contributed by atoms with Crippen LogP contribution in [0, 0.1) is 0 Å². The molecule has 0 radical (unpaired) electrons. The van der Waals surface area contributed by atoms with Crippen molar-refractivity contribution in [1.82, 2.24) is 10.6 Å². The molecule has 9 aromatic rings. The summed E-state index contributed by atoms with van der Waals surface area (Å²) in [5.74, 6) is 0.879. The lowest BCUT2D eigenvalue weighted by Gasteiger charge is -2.46. The molecule has 2 N–H and O–H groups in total. The lowest BCUT2D eigenvalue weighted by atomic mass is 9.55. The Morgan fingerprint density at radius 3 is 1.66 bits per heavy atom. The van der Waals surface area contributed by atoms with Gasteiger partial charge in [-0.2, -0.15) is 0 Å². The number of amidine groups is 1. The predicted molar refractivity (Wildman–Crippen MR) is 255 cm³/mol. The summed E-state index contributed by atoms with van der Waals surface area (Å²) < 4.78 is 0. The summed E-state index contributed by atoms with van der Waals surface area (Å²) in [7, 11) is 0. The van der Waals surface area contributed by atoms with Crippen LogP contribution >= 0.6 is 0 Å². The van der Waals surface area contributed by atoms with E-state index in [-0.39, 0.29) is 17.7 Å². The lowest BCUT2D eigenvalue weighted by Crippen LogP contribution is -2.44. The Morgan fingerprint density at radius 2 is 0.935 bits per heavy atom. The van der Waals surface area contributed by atoms with Crippen molar-refractivity contribution < 1.29 is 0 Å². The minimum absolute atomic E-state index is 0.109. The Morgan fingerprint density at radius 1 is 0.419 bits per heavy atom. The van der Waals surface area contributed by atoms with E-state index in [0.29, 0.717) is 0 Å². The second-order valence-corrected chi connectivity index (χ2v) is 17.5. The molecule has 1 aliphatic heterocycles. The van der Waals surface area contributed by atoms with Crippen molar-refractivity contribution in [2.24, 2.45) is 4.99 Å². The highest BCUT2D eigenvalue weighted by Crippen LogP contribution is 2.63. The zero-order chi connectivity index (χ0) is 41.4. The topological polar surface area (TPSA) is 36.4 Å². The number of hydrogen-bond acceptors (Lipinski definition) is 3. The van der Waals surface area contributed by atoms with Crippen LogP contribution in [0.25, 0.3) is 44.2 Å². The molecule has 296 valence electrons. The fraction of sp³-hybridized carbons (Fsp3) is 0.102. The lowest BCUT2D eigenvalue weighted by molar-refractivity contribution is 0.409. The van der Waals surface area contributed by atoms with Crippen molar-refractivity contribution in [3.05, 3.63) is 262 Å². The SMILES string of the molecule is CC1(C)c2ccccc2C2(c3ccccc3-c3c(-c4cccc5cccc(-c6cccc(C7N=C(c8ccccc8)NC(c8ccccc8)N7)c6)c45)cccc32)c2ccccc21. The van der Waals surface area contributed by atoms with E-state index in [1.165, 1.54) is 77.5 Å². The molecule has 3 nitrogen and oxygen atoms in total. The largest absolute Gasteiger partial charge is 0.350 e. The Kier molecular flexibility index (Phi) is 8.32. The van der Waals surface area contributed by atoms with Gasteiger partial charge in [0.25, 0.3) is 0 Å². The molecule has 2 aliphatic carbocycles. The summed E-state index contributed by atoms with van der Waals surface area (Å²) in [6.45, 7) is 4.78. The number of fused-ring (bicyclic) bond motifs is 10. The molecule has 0 saturated carbocycles. The average Bonchev–Trinajstić information content (AvgIpc) is 3.64. The molecule has 1 heterocycles. The van der Waals surface area contributed by atoms with Gasteiger partial charge in [-0.1, -0.05) is 220 Å². The van der Waals surface area contributed by atoms with Gasteiger partial charge in [-0.05, 0) is 94.7 Å². The molecule has 0 saturated heterocycles. The van der Waals surface area contributed by atoms with Crippen molar-refractivity contribution in [2.45, 2.75) is 37.0 Å². The van der Waals surface area contributed by atoms with Crippen LogP contribution in [0.2, 0.25) is 0 Å². The molecule has 9 aromatic carbocycles. The van der Waals surface area contributed by atoms with Crippen LogP contribution in [0.4, 0.5) is 0 Å². The highest BCUT2D eigenvalue weighted by molar-refractivity contribution is 6.10. The predicted octanol–water partition coefficient (Wildman–Crippen LogP) is 13.5. The first-order valence-electron chi connectivity index (χ1n) is 21.8. The van der Waals surface area contributed by atoms with Crippen molar-refractivity contribution >= 4 is 16.6 Å². The number of nitrogens with one attached hydrogen (secondary N) is 2. The van der Waals surface area contributed by atoms with Gasteiger partial charge in [-0.15, -0.1) is 0 Å². The van der Waals surface area contributed by atoms with Gasteiger partial charge in [0, 0.05) is 11.0 Å². The summed E-state index contributed by atoms with van der Waals surface area (Å²) in [4.78, 5) is 5.30. The number of benzene rings is 9. The van der Waals surface area contributed by atoms with Gasteiger partial charge in [-0.3, -0.25) is 5.32 Å². The molecule has 0 aromatic heterocycles. The molecule has 2 unspecified atom stereocenters. The van der Waals surface area contributed by atoms with Crippen LogP contribution in [0.3, 0.4) is 0 Å². The van der Waals surface area contributed by atoms with E-state index in [2.05, 4.69) is 231 Å². The first kappa shape index (κ1) is 36.5. The number of rotatable bonds is 5. The van der Waals surface area contributed by atoms with Crippen molar-refractivity contribution in [1.29, 1.82) is 0 Å². The van der Waals surface area contributed by atoms with Crippen molar-refractivity contribution in [3.63, 3.8) is 0 Å². The van der Waals surface area contributed by atoms with Crippen molar-refractivity contribution in [3.8, 4) is 33.4 Å². The van der Waals surface area contributed by atoms with Gasteiger partial charge < -0.3 is 5.32 Å². The summed E-state index contributed by atoms with van der Waals surface area (Å²) in [6.07, 6.45) is -0.371. The van der Waals surface area contributed by atoms with E-state index < -0.39 is 5.41 Å². The number of nitrogens with zero attached hydrogens (tertiary/aromatic N) is 1. The van der Waals surface area contributed by atoms with Crippen LogP contribution in [-0.2, 0) is 10.8 Å². The molecule has 0 bridgehead atoms. The van der Waals surface area contributed by atoms with Crippen LogP contribution in [0.5, 0.6) is 0 Å². The quantitative estimate of drug-likeness (QED) is 0.182. The highest BCUT2D eigenvalue weighted by atomic mass is 15.3. The van der Waals surface area contributed by atoms with Gasteiger partial charge in [0.05, 0.1) is 5.41 Å². The van der Waals surface area contributed by atoms with Crippen LogP contribution in [0.15, 0.2) is 217 Å². The summed E-state index contributed by atoms with van der Waals surface area (Å²) in [6, 6.07) is 78.2. The summed E-state index contributed by atoms with van der Waals surface area (Å²) in [5.41, 5.74) is 18.4. The van der Waals surface area contributed by atoms with Crippen LogP contribution < -0.4 is 10.6 Å². The molecule has 1 spiro atoms. The monoisotopic (exact) mass is 795 g/mol. The van der Waals surface area contributed by atoms with E-state index in [4.69, 9.17) is 4.99 Å². The molecule has 3 aliphatic rings. The zero-order valence-corrected chi connectivity index (χ0v) is 34.8. The molecule has 3 heteroatoms. The second kappa shape index (κ2) is 14.1. The Balaban J connectivity index is 1.05. The molecular formula is C59H45N3.